The standard InChI is InChI=1S/C10H14ClNO3/c1-12-5-8(14)10(15)6-3-2-4-7(13)9(6)11/h2-4,8,10,12-15H,5H2,1H3. The SMILES string of the molecule is CNCC(O)C(O)c1cccc(O)c1Cl. The van der Waals surface area contributed by atoms with Gasteiger partial charge in [-0.25, -0.2) is 0 Å². The van der Waals surface area contributed by atoms with Crippen molar-refractivity contribution in [1.29, 1.82) is 0 Å². The maximum atomic E-state index is 9.74. The maximum Gasteiger partial charge on any atom is 0.134 e. The van der Waals surface area contributed by atoms with E-state index < -0.39 is 12.2 Å². The van der Waals surface area contributed by atoms with E-state index in [1.54, 1.807) is 19.2 Å². The van der Waals surface area contributed by atoms with Gasteiger partial charge in [0, 0.05) is 12.1 Å². The number of hydrogen-bond donors (Lipinski definition) is 4. The molecular formula is C10H14ClNO3. The Labute approximate surface area is 93.1 Å². The van der Waals surface area contributed by atoms with Crippen molar-refractivity contribution >= 4 is 11.6 Å². The van der Waals surface area contributed by atoms with Gasteiger partial charge >= 0.3 is 0 Å². The number of hydrogen-bond acceptors (Lipinski definition) is 4. The average molecular weight is 232 g/mol. The van der Waals surface area contributed by atoms with Crippen molar-refractivity contribution < 1.29 is 15.3 Å². The Kier molecular flexibility index (Phi) is 4.35. The normalized spacial score (nSPS) is 14.9. The van der Waals surface area contributed by atoms with Gasteiger partial charge in [-0.3, -0.25) is 0 Å². The molecular weight excluding hydrogens is 218 g/mol. The lowest BCUT2D eigenvalue weighted by Gasteiger charge is -2.19. The zero-order valence-electron chi connectivity index (χ0n) is 8.31. The Morgan fingerprint density at radius 1 is 1.40 bits per heavy atom. The van der Waals surface area contributed by atoms with Gasteiger partial charge in [0.15, 0.2) is 0 Å². The second kappa shape index (κ2) is 5.32. The van der Waals surface area contributed by atoms with Gasteiger partial charge in [-0.15, -0.1) is 0 Å². The monoisotopic (exact) mass is 231 g/mol. The van der Waals surface area contributed by atoms with Gasteiger partial charge < -0.3 is 20.6 Å². The molecule has 2 atom stereocenters. The molecule has 0 aliphatic carbocycles. The molecule has 84 valence electrons. The first kappa shape index (κ1) is 12.3. The van der Waals surface area contributed by atoms with Crippen LogP contribution in [0.1, 0.15) is 11.7 Å². The van der Waals surface area contributed by atoms with E-state index in [2.05, 4.69) is 5.32 Å². The van der Waals surface area contributed by atoms with Crippen LogP contribution in [0.3, 0.4) is 0 Å². The molecule has 0 amide bonds. The number of aromatic hydroxyl groups is 1. The van der Waals surface area contributed by atoms with Crippen LogP contribution in [-0.4, -0.2) is 35.0 Å². The predicted octanol–water partition coefficient (Wildman–Crippen LogP) is 0.659. The van der Waals surface area contributed by atoms with Crippen LogP contribution in [0.25, 0.3) is 0 Å². The zero-order chi connectivity index (χ0) is 11.4. The van der Waals surface area contributed by atoms with E-state index in [9.17, 15) is 15.3 Å². The van der Waals surface area contributed by atoms with Gasteiger partial charge in [-0.1, -0.05) is 23.7 Å². The van der Waals surface area contributed by atoms with E-state index in [0.29, 0.717) is 5.56 Å². The highest BCUT2D eigenvalue weighted by molar-refractivity contribution is 6.32. The molecule has 0 saturated heterocycles. The molecule has 15 heavy (non-hydrogen) atoms. The highest BCUT2D eigenvalue weighted by Gasteiger charge is 2.21. The number of phenols is 1. The van der Waals surface area contributed by atoms with Crippen LogP contribution in [0, 0.1) is 0 Å². The molecule has 0 heterocycles. The number of halogens is 1. The van der Waals surface area contributed by atoms with Crippen LogP contribution in [0.2, 0.25) is 5.02 Å². The summed E-state index contributed by atoms with van der Waals surface area (Å²) in [6.07, 6.45) is -2.08. The Balaban J connectivity index is 2.90. The molecule has 1 aromatic rings. The molecule has 0 radical (unpaired) electrons. The Morgan fingerprint density at radius 2 is 2.07 bits per heavy atom. The summed E-state index contributed by atoms with van der Waals surface area (Å²) in [4.78, 5) is 0. The smallest absolute Gasteiger partial charge is 0.134 e. The number of phenolic OH excluding ortho intramolecular Hbond substituents is 1. The van der Waals surface area contributed by atoms with Crippen LogP contribution >= 0.6 is 11.6 Å². The summed E-state index contributed by atoms with van der Waals surface area (Å²) in [5.74, 6) is -0.107. The van der Waals surface area contributed by atoms with Crippen LogP contribution in [0.15, 0.2) is 18.2 Å². The summed E-state index contributed by atoms with van der Waals surface area (Å²) < 4.78 is 0. The lowest BCUT2D eigenvalue weighted by Crippen LogP contribution is -2.29. The Hall–Kier alpha value is -0.810. The molecule has 0 aliphatic rings. The van der Waals surface area contributed by atoms with Crippen molar-refractivity contribution in [2.24, 2.45) is 0 Å². The fourth-order valence-electron chi connectivity index (χ4n) is 1.29. The van der Waals surface area contributed by atoms with Crippen molar-refractivity contribution in [3.8, 4) is 5.75 Å². The topological polar surface area (TPSA) is 72.7 Å². The Morgan fingerprint density at radius 3 is 2.67 bits per heavy atom. The van der Waals surface area contributed by atoms with Crippen LogP contribution < -0.4 is 5.32 Å². The average Bonchev–Trinajstić information content (AvgIpc) is 2.21. The Bertz CT molecular complexity index is 332. The lowest BCUT2D eigenvalue weighted by atomic mass is 10.0. The molecule has 1 aromatic carbocycles. The molecule has 1 rings (SSSR count). The maximum absolute atomic E-state index is 9.74. The summed E-state index contributed by atoms with van der Waals surface area (Å²) in [6.45, 7) is 0.243. The molecule has 0 aromatic heterocycles. The summed E-state index contributed by atoms with van der Waals surface area (Å²) in [7, 11) is 1.67. The van der Waals surface area contributed by atoms with Gasteiger partial charge in [0.25, 0.3) is 0 Å². The van der Waals surface area contributed by atoms with E-state index in [1.165, 1.54) is 6.07 Å². The molecule has 4 nitrogen and oxygen atoms in total. The number of aliphatic hydroxyl groups excluding tert-OH is 2. The molecule has 2 unspecified atom stereocenters. The van der Waals surface area contributed by atoms with Crippen molar-refractivity contribution in [3.05, 3.63) is 28.8 Å². The van der Waals surface area contributed by atoms with E-state index in [4.69, 9.17) is 11.6 Å². The minimum atomic E-state index is -1.11. The minimum Gasteiger partial charge on any atom is -0.506 e. The molecule has 5 heteroatoms. The quantitative estimate of drug-likeness (QED) is 0.614. The molecule has 4 N–H and O–H groups in total. The molecule has 0 aliphatic heterocycles. The van der Waals surface area contributed by atoms with Gasteiger partial charge in [-0.2, -0.15) is 0 Å². The van der Waals surface area contributed by atoms with Gasteiger partial charge in [0.1, 0.15) is 11.9 Å². The highest BCUT2D eigenvalue weighted by atomic mass is 35.5. The van der Waals surface area contributed by atoms with Gasteiger partial charge in [-0.05, 0) is 13.1 Å². The molecule has 0 saturated carbocycles. The van der Waals surface area contributed by atoms with Crippen molar-refractivity contribution in [2.75, 3.05) is 13.6 Å². The molecule has 0 bridgehead atoms. The second-order valence-corrected chi connectivity index (χ2v) is 3.63. The van der Waals surface area contributed by atoms with E-state index in [-0.39, 0.29) is 17.3 Å². The zero-order valence-corrected chi connectivity index (χ0v) is 9.07. The number of likely N-dealkylation sites (N-methyl/N-ethyl adjacent to an activating group) is 1. The van der Waals surface area contributed by atoms with E-state index >= 15 is 0 Å². The van der Waals surface area contributed by atoms with Gasteiger partial charge in [0.05, 0.1) is 11.1 Å². The molecule has 0 fully saturated rings. The third-order valence-electron chi connectivity index (χ3n) is 2.10. The summed E-state index contributed by atoms with van der Waals surface area (Å²) in [5, 5.41) is 31.4. The van der Waals surface area contributed by atoms with Crippen LogP contribution in [0.4, 0.5) is 0 Å². The van der Waals surface area contributed by atoms with E-state index in [1.807, 2.05) is 0 Å². The fraction of sp³-hybridized carbons (Fsp3) is 0.400. The van der Waals surface area contributed by atoms with E-state index in [0.717, 1.165) is 0 Å². The molecule has 0 spiro atoms. The number of rotatable bonds is 4. The van der Waals surface area contributed by atoms with Crippen molar-refractivity contribution in [1.82, 2.24) is 5.32 Å². The predicted molar refractivity (Wildman–Crippen MR) is 58.0 cm³/mol. The fourth-order valence-corrected chi connectivity index (χ4v) is 1.53. The second-order valence-electron chi connectivity index (χ2n) is 3.25. The first-order chi connectivity index (χ1) is 7.07. The third kappa shape index (κ3) is 2.82. The first-order valence-corrected chi connectivity index (χ1v) is 4.93. The van der Waals surface area contributed by atoms with Crippen molar-refractivity contribution in [3.63, 3.8) is 0 Å². The number of nitrogens with one attached hydrogen (secondary N) is 1. The van der Waals surface area contributed by atoms with Crippen LogP contribution in [0.5, 0.6) is 5.75 Å². The highest BCUT2D eigenvalue weighted by Crippen LogP contribution is 2.32. The summed E-state index contributed by atoms with van der Waals surface area (Å²) in [5.41, 5.74) is 0.319. The number of aliphatic hydroxyl groups is 2. The first-order valence-electron chi connectivity index (χ1n) is 4.56. The minimum absolute atomic E-state index is 0.0696. The van der Waals surface area contributed by atoms with Crippen LogP contribution in [-0.2, 0) is 0 Å². The summed E-state index contributed by atoms with van der Waals surface area (Å²) in [6, 6.07) is 4.54. The van der Waals surface area contributed by atoms with Gasteiger partial charge in [0.2, 0.25) is 0 Å². The largest absolute Gasteiger partial charge is 0.506 e. The summed E-state index contributed by atoms with van der Waals surface area (Å²) >= 11 is 5.79. The third-order valence-corrected chi connectivity index (χ3v) is 2.52. The lowest BCUT2D eigenvalue weighted by molar-refractivity contribution is 0.0202. The number of benzene rings is 1. The van der Waals surface area contributed by atoms with Crippen molar-refractivity contribution in [2.45, 2.75) is 12.2 Å².